The number of nitrogens with zero attached hydrogens (tertiary/aromatic N) is 2. The van der Waals surface area contributed by atoms with Crippen LogP contribution in [0.2, 0.25) is 0 Å². The van der Waals surface area contributed by atoms with Gasteiger partial charge in [-0.15, -0.1) is 10.2 Å². The molecule has 1 atom stereocenters. The summed E-state index contributed by atoms with van der Waals surface area (Å²) in [4.78, 5) is 12.0. The molecule has 1 aromatic heterocycles. The summed E-state index contributed by atoms with van der Waals surface area (Å²) in [5, 5.41) is 13.1. The quantitative estimate of drug-likeness (QED) is 0.896. The molecule has 0 radical (unpaired) electrons. The number of amides is 1. The van der Waals surface area contributed by atoms with Gasteiger partial charge in [-0.25, -0.2) is 4.39 Å². The minimum Gasteiger partial charge on any atom is -0.372 e. The van der Waals surface area contributed by atoms with Crippen LogP contribution >= 0.6 is 0 Å². The lowest BCUT2D eigenvalue weighted by Crippen LogP contribution is -2.28. The predicted octanol–water partition coefficient (Wildman–Crippen LogP) is 2.15. The SMILES string of the molecule is CNc1ccc(C(=O)NC(C)c2ccccc2F)nn1. The Morgan fingerprint density at radius 3 is 2.55 bits per heavy atom. The molecule has 0 bridgehead atoms. The van der Waals surface area contributed by atoms with Crippen LogP contribution in [0.25, 0.3) is 0 Å². The van der Waals surface area contributed by atoms with Gasteiger partial charge in [0.2, 0.25) is 0 Å². The average Bonchev–Trinajstić information content (AvgIpc) is 2.47. The molecule has 1 unspecified atom stereocenters. The molecule has 0 fully saturated rings. The summed E-state index contributed by atoms with van der Waals surface area (Å²) >= 11 is 0. The van der Waals surface area contributed by atoms with Crippen LogP contribution in [-0.2, 0) is 0 Å². The molecule has 1 amide bonds. The molecule has 1 heterocycles. The summed E-state index contributed by atoms with van der Waals surface area (Å²) in [7, 11) is 1.71. The van der Waals surface area contributed by atoms with E-state index in [1.54, 1.807) is 44.3 Å². The zero-order valence-electron chi connectivity index (χ0n) is 11.2. The molecule has 0 saturated heterocycles. The lowest BCUT2D eigenvalue weighted by atomic mass is 10.1. The Morgan fingerprint density at radius 1 is 1.20 bits per heavy atom. The van der Waals surface area contributed by atoms with Crippen molar-refractivity contribution < 1.29 is 9.18 Å². The molecular weight excluding hydrogens is 259 g/mol. The molecular formula is C14H15FN4O. The molecule has 5 nitrogen and oxygen atoms in total. The third kappa shape index (κ3) is 3.09. The Labute approximate surface area is 116 Å². The van der Waals surface area contributed by atoms with Crippen LogP contribution in [0.5, 0.6) is 0 Å². The largest absolute Gasteiger partial charge is 0.372 e. The Bertz CT molecular complexity index is 600. The van der Waals surface area contributed by atoms with Crippen LogP contribution in [0.15, 0.2) is 36.4 Å². The lowest BCUT2D eigenvalue weighted by molar-refractivity contribution is 0.0933. The van der Waals surface area contributed by atoms with Gasteiger partial charge in [-0.2, -0.15) is 0 Å². The molecule has 0 aliphatic rings. The van der Waals surface area contributed by atoms with Gasteiger partial charge in [-0.1, -0.05) is 18.2 Å². The van der Waals surface area contributed by atoms with E-state index in [0.29, 0.717) is 11.4 Å². The number of nitrogens with one attached hydrogen (secondary N) is 2. The third-order valence-electron chi connectivity index (χ3n) is 2.87. The van der Waals surface area contributed by atoms with E-state index in [1.807, 2.05) is 0 Å². The van der Waals surface area contributed by atoms with Gasteiger partial charge in [0, 0.05) is 12.6 Å². The van der Waals surface area contributed by atoms with Gasteiger partial charge in [0.25, 0.3) is 5.91 Å². The van der Waals surface area contributed by atoms with Gasteiger partial charge in [-0.3, -0.25) is 4.79 Å². The molecule has 104 valence electrons. The minimum absolute atomic E-state index is 0.187. The standard InChI is InChI=1S/C14H15FN4O/c1-9(10-5-3-4-6-11(10)15)17-14(20)12-7-8-13(16-2)19-18-12/h3-9H,1-2H3,(H,16,19)(H,17,20). The molecule has 0 aliphatic heterocycles. The monoisotopic (exact) mass is 274 g/mol. The van der Waals surface area contributed by atoms with Gasteiger partial charge in [-0.05, 0) is 25.1 Å². The van der Waals surface area contributed by atoms with Crippen LogP contribution in [0.4, 0.5) is 10.2 Å². The van der Waals surface area contributed by atoms with Gasteiger partial charge < -0.3 is 10.6 Å². The first-order chi connectivity index (χ1) is 9.61. The Morgan fingerprint density at radius 2 is 1.95 bits per heavy atom. The Hall–Kier alpha value is -2.50. The number of benzene rings is 1. The molecule has 20 heavy (non-hydrogen) atoms. The molecule has 2 aromatic rings. The van der Waals surface area contributed by atoms with Gasteiger partial charge in [0.05, 0.1) is 6.04 Å². The number of carbonyl (C=O) groups excluding carboxylic acids is 1. The van der Waals surface area contributed by atoms with E-state index >= 15 is 0 Å². The van der Waals surface area contributed by atoms with Gasteiger partial charge >= 0.3 is 0 Å². The summed E-state index contributed by atoms with van der Waals surface area (Å²) in [6.07, 6.45) is 0. The maximum Gasteiger partial charge on any atom is 0.272 e. The number of halogens is 1. The second-order valence-electron chi connectivity index (χ2n) is 4.27. The van der Waals surface area contributed by atoms with Crippen molar-refractivity contribution >= 4 is 11.7 Å². The zero-order chi connectivity index (χ0) is 14.5. The second kappa shape index (κ2) is 6.10. The number of rotatable bonds is 4. The van der Waals surface area contributed by atoms with E-state index < -0.39 is 11.9 Å². The molecule has 2 rings (SSSR count). The van der Waals surface area contributed by atoms with Crippen molar-refractivity contribution in [1.29, 1.82) is 0 Å². The predicted molar refractivity (Wildman–Crippen MR) is 73.9 cm³/mol. The highest BCUT2D eigenvalue weighted by atomic mass is 19.1. The summed E-state index contributed by atoms with van der Waals surface area (Å²) in [6.45, 7) is 1.71. The maximum atomic E-state index is 13.6. The van der Waals surface area contributed by atoms with Crippen molar-refractivity contribution in [2.24, 2.45) is 0 Å². The highest BCUT2D eigenvalue weighted by molar-refractivity contribution is 5.92. The summed E-state index contributed by atoms with van der Waals surface area (Å²) < 4.78 is 13.6. The molecule has 0 aliphatic carbocycles. The molecule has 0 spiro atoms. The number of aromatic nitrogens is 2. The highest BCUT2D eigenvalue weighted by Crippen LogP contribution is 2.16. The number of carbonyl (C=O) groups is 1. The van der Waals surface area contributed by atoms with Crippen LogP contribution in [-0.4, -0.2) is 23.2 Å². The van der Waals surface area contributed by atoms with Crippen molar-refractivity contribution in [2.75, 3.05) is 12.4 Å². The minimum atomic E-state index is -0.450. The zero-order valence-corrected chi connectivity index (χ0v) is 11.2. The number of hydrogen-bond donors (Lipinski definition) is 2. The summed E-state index contributed by atoms with van der Waals surface area (Å²) in [6, 6.07) is 9.08. The van der Waals surface area contributed by atoms with Crippen molar-refractivity contribution in [1.82, 2.24) is 15.5 Å². The first kappa shape index (κ1) is 13.9. The smallest absolute Gasteiger partial charge is 0.272 e. The lowest BCUT2D eigenvalue weighted by Gasteiger charge is -2.14. The second-order valence-corrected chi connectivity index (χ2v) is 4.27. The van der Waals surface area contributed by atoms with E-state index in [4.69, 9.17) is 0 Å². The maximum absolute atomic E-state index is 13.6. The van der Waals surface area contributed by atoms with Crippen LogP contribution in [0, 0.1) is 5.82 Å². The Balaban J connectivity index is 2.09. The first-order valence-corrected chi connectivity index (χ1v) is 6.18. The fourth-order valence-electron chi connectivity index (χ4n) is 1.76. The van der Waals surface area contributed by atoms with Crippen molar-refractivity contribution in [3.05, 3.63) is 53.5 Å². The van der Waals surface area contributed by atoms with E-state index in [0.717, 1.165) is 0 Å². The fourth-order valence-corrected chi connectivity index (χ4v) is 1.76. The van der Waals surface area contributed by atoms with E-state index in [1.165, 1.54) is 6.07 Å². The summed E-state index contributed by atoms with van der Waals surface area (Å²) in [5.41, 5.74) is 0.618. The number of anilines is 1. The van der Waals surface area contributed by atoms with E-state index in [-0.39, 0.29) is 11.5 Å². The average molecular weight is 274 g/mol. The van der Waals surface area contributed by atoms with Crippen molar-refractivity contribution in [2.45, 2.75) is 13.0 Å². The topological polar surface area (TPSA) is 66.9 Å². The molecule has 1 aromatic carbocycles. The van der Waals surface area contributed by atoms with Crippen molar-refractivity contribution in [3.63, 3.8) is 0 Å². The van der Waals surface area contributed by atoms with Crippen molar-refractivity contribution in [3.8, 4) is 0 Å². The van der Waals surface area contributed by atoms with Crippen LogP contribution in [0.1, 0.15) is 29.0 Å². The van der Waals surface area contributed by atoms with Gasteiger partial charge in [0.1, 0.15) is 11.6 Å². The molecule has 0 saturated carbocycles. The van der Waals surface area contributed by atoms with E-state index in [9.17, 15) is 9.18 Å². The number of hydrogen-bond acceptors (Lipinski definition) is 4. The first-order valence-electron chi connectivity index (χ1n) is 6.18. The molecule has 6 heteroatoms. The van der Waals surface area contributed by atoms with E-state index in [2.05, 4.69) is 20.8 Å². The normalized spacial score (nSPS) is 11.8. The summed E-state index contributed by atoms with van der Waals surface area (Å²) in [5.74, 6) is -0.170. The highest BCUT2D eigenvalue weighted by Gasteiger charge is 2.15. The third-order valence-corrected chi connectivity index (χ3v) is 2.87. The Kier molecular flexibility index (Phi) is 4.24. The van der Waals surface area contributed by atoms with Gasteiger partial charge in [0.15, 0.2) is 5.69 Å². The van der Waals surface area contributed by atoms with Crippen LogP contribution in [0.3, 0.4) is 0 Å². The van der Waals surface area contributed by atoms with Crippen LogP contribution < -0.4 is 10.6 Å². The molecule has 2 N–H and O–H groups in total. The fraction of sp³-hybridized carbons (Fsp3) is 0.214.